The number of rotatable bonds is 5. The van der Waals surface area contributed by atoms with Crippen molar-refractivity contribution in [1.29, 1.82) is 0 Å². The highest BCUT2D eigenvalue weighted by Crippen LogP contribution is 2.29. The molecule has 0 saturated heterocycles. The van der Waals surface area contributed by atoms with Crippen LogP contribution in [0.25, 0.3) is 0 Å². The fraction of sp³-hybridized carbons (Fsp3) is 0.357. The number of nitrogens with one attached hydrogen (secondary N) is 1. The highest BCUT2D eigenvalue weighted by molar-refractivity contribution is 5.24. The largest absolute Gasteiger partial charge is 0.416 e. The topological polar surface area (TPSA) is 29.9 Å². The molecule has 0 fully saturated rings. The number of likely N-dealkylation sites (N-methyl/N-ethyl adjacent to an activating group) is 1. The number of imidazole rings is 1. The van der Waals surface area contributed by atoms with Gasteiger partial charge in [-0.15, -0.1) is 0 Å². The summed E-state index contributed by atoms with van der Waals surface area (Å²) >= 11 is 0. The summed E-state index contributed by atoms with van der Waals surface area (Å²) < 4.78 is 39.2. The zero-order valence-electron chi connectivity index (χ0n) is 11.1. The van der Waals surface area contributed by atoms with E-state index in [0.717, 1.165) is 36.4 Å². The van der Waals surface area contributed by atoms with Gasteiger partial charge < -0.3 is 9.88 Å². The van der Waals surface area contributed by atoms with Gasteiger partial charge in [-0.3, -0.25) is 0 Å². The van der Waals surface area contributed by atoms with Gasteiger partial charge in [0, 0.05) is 25.7 Å². The fourth-order valence-electron chi connectivity index (χ4n) is 1.88. The molecule has 0 aliphatic carbocycles. The van der Waals surface area contributed by atoms with E-state index in [9.17, 15) is 13.2 Å². The maximum Gasteiger partial charge on any atom is 0.416 e. The van der Waals surface area contributed by atoms with Gasteiger partial charge in [0.25, 0.3) is 0 Å². The lowest BCUT2D eigenvalue weighted by molar-refractivity contribution is -0.137. The molecule has 0 radical (unpaired) electrons. The molecule has 0 spiro atoms. The molecule has 0 aliphatic rings. The molecule has 0 atom stereocenters. The Morgan fingerprint density at radius 3 is 2.50 bits per heavy atom. The molecule has 6 heteroatoms. The number of nitrogens with zero attached hydrogens (tertiary/aromatic N) is 2. The molecular formula is C14H16F3N3. The normalized spacial score (nSPS) is 11.8. The summed E-state index contributed by atoms with van der Waals surface area (Å²) in [4.78, 5) is 4.25. The highest BCUT2D eigenvalue weighted by Gasteiger charge is 2.29. The first-order valence-electron chi connectivity index (χ1n) is 6.30. The predicted octanol–water partition coefficient (Wildman–Crippen LogP) is 2.71. The minimum atomic E-state index is -4.28. The van der Waals surface area contributed by atoms with Gasteiger partial charge in [-0.1, -0.05) is 12.1 Å². The van der Waals surface area contributed by atoms with Crippen LogP contribution in [0.1, 0.15) is 16.8 Å². The first-order chi connectivity index (χ1) is 9.49. The van der Waals surface area contributed by atoms with Crippen LogP contribution in [-0.2, 0) is 19.1 Å². The van der Waals surface area contributed by atoms with E-state index in [-0.39, 0.29) is 0 Å². The van der Waals surface area contributed by atoms with Crippen molar-refractivity contribution in [2.45, 2.75) is 19.1 Å². The first-order valence-corrected chi connectivity index (χ1v) is 6.30. The minimum absolute atomic E-state index is 0.519. The molecule has 0 saturated carbocycles. The molecule has 2 aromatic rings. The molecule has 0 bridgehead atoms. The van der Waals surface area contributed by atoms with Gasteiger partial charge in [-0.05, 0) is 24.7 Å². The van der Waals surface area contributed by atoms with E-state index in [1.54, 1.807) is 6.33 Å². The molecule has 1 aromatic carbocycles. The summed E-state index contributed by atoms with van der Waals surface area (Å²) in [5.41, 5.74) is 1.16. The van der Waals surface area contributed by atoms with Gasteiger partial charge in [-0.2, -0.15) is 13.2 Å². The Morgan fingerprint density at radius 1 is 1.20 bits per heavy atom. The Bertz CT molecular complexity index is 544. The van der Waals surface area contributed by atoms with Gasteiger partial charge in [0.15, 0.2) is 0 Å². The van der Waals surface area contributed by atoms with Crippen molar-refractivity contribution < 1.29 is 13.2 Å². The van der Waals surface area contributed by atoms with Crippen LogP contribution in [0, 0.1) is 0 Å². The number of halogens is 3. The van der Waals surface area contributed by atoms with Crippen molar-refractivity contribution in [3.8, 4) is 0 Å². The minimum Gasteiger partial charge on any atom is -0.333 e. The van der Waals surface area contributed by atoms with Crippen LogP contribution in [0.4, 0.5) is 13.2 Å². The molecule has 3 nitrogen and oxygen atoms in total. The van der Waals surface area contributed by atoms with Crippen LogP contribution in [0.5, 0.6) is 0 Å². The SMILES string of the molecule is CNCCc1cn(Cc2ccc(C(F)(F)F)cc2)cn1. The summed E-state index contributed by atoms with van der Waals surface area (Å²) in [6.45, 7) is 1.36. The van der Waals surface area contributed by atoms with Gasteiger partial charge in [-0.25, -0.2) is 4.98 Å². The van der Waals surface area contributed by atoms with Crippen molar-refractivity contribution in [2.24, 2.45) is 0 Å². The molecule has 2 rings (SSSR count). The predicted molar refractivity (Wildman–Crippen MR) is 70.4 cm³/mol. The second kappa shape index (κ2) is 6.09. The zero-order chi connectivity index (χ0) is 14.6. The average molecular weight is 283 g/mol. The van der Waals surface area contributed by atoms with E-state index in [4.69, 9.17) is 0 Å². The van der Waals surface area contributed by atoms with Crippen molar-refractivity contribution in [1.82, 2.24) is 14.9 Å². The Morgan fingerprint density at radius 2 is 1.90 bits per heavy atom. The lowest BCUT2D eigenvalue weighted by atomic mass is 10.1. The van der Waals surface area contributed by atoms with Gasteiger partial charge in [0.2, 0.25) is 0 Å². The number of benzene rings is 1. The second-order valence-corrected chi connectivity index (χ2v) is 4.59. The highest BCUT2D eigenvalue weighted by atomic mass is 19.4. The lowest BCUT2D eigenvalue weighted by Crippen LogP contribution is -2.10. The first kappa shape index (κ1) is 14.6. The van der Waals surface area contributed by atoms with Gasteiger partial charge in [0.05, 0.1) is 17.6 Å². The fourth-order valence-corrected chi connectivity index (χ4v) is 1.88. The molecule has 1 N–H and O–H groups in total. The average Bonchev–Trinajstić information content (AvgIpc) is 2.83. The Labute approximate surface area is 115 Å². The third kappa shape index (κ3) is 3.84. The number of alkyl halides is 3. The van der Waals surface area contributed by atoms with Crippen LogP contribution in [0.2, 0.25) is 0 Å². The van der Waals surface area contributed by atoms with Gasteiger partial charge >= 0.3 is 6.18 Å². The third-order valence-corrected chi connectivity index (χ3v) is 2.96. The van der Waals surface area contributed by atoms with E-state index < -0.39 is 11.7 Å². The Kier molecular flexibility index (Phi) is 4.44. The maximum absolute atomic E-state index is 12.4. The number of hydrogen-bond donors (Lipinski definition) is 1. The summed E-state index contributed by atoms with van der Waals surface area (Å²) in [6.07, 6.45) is 0.155. The molecule has 1 heterocycles. The smallest absolute Gasteiger partial charge is 0.333 e. The van der Waals surface area contributed by atoms with E-state index >= 15 is 0 Å². The Hall–Kier alpha value is -1.82. The van der Waals surface area contributed by atoms with Crippen molar-refractivity contribution >= 4 is 0 Å². The molecule has 20 heavy (non-hydrogen) atoms. The maximum atomic E-state index is 12.4. The van der Waals surface area contributed by atoms with Crippen LogP contribution >= 0.6 is 0 Å². The standard InChI is InChI=1S/C14H16F3N3/c1-18-7-6-13-9-20(10-19-13)8-11-2-4-12(5-3-11)14(15,16)17/h2-5,9-10,18H,6-8H2,1H3. The number of hydrogen-bond acceptors (Lipinski definition) is 2. The van der Waals surface area contributed by atoms with Crippen LogP contribution in [0.15, 0.2) is 36.8 Å². The lowest BCUT2D eigenvalue weighted by Gasteiger charge is -2.07. The van der Waals surface area contributed by atoms with E-state index in [1.165, 1.54) is 12.1 Å². The second-order valence-electron chi connectivity index (χ2n) is 4.59. The summed E-state index contributed by atoms with van der Waals surface area (Å²) in [7, 11) is 1.87. The number of aromatic nitrogens is 2. The monoisotopic (exact) mass is 283 g/mol. The third-order valence-electron chi connectivity index (χ3n) is 2.96. The zero-order valence-corrected chi connectivity index (χ0v) is 11.1. The van der Waals surface area contributed by atoms with E-state index in [0.29, 0.717) is 6.54 Å². The molecular weight excluding hydrogens is 267 g/mol. The van der Waals surface area contributed by atoms with Gasteiger partial charge in [0.1, 0.15) is 0 Å². The summed E-state index contributed by atoms with van der Waals surface area (Å²) in [5.74, 6) is 0. The molecule has 0 unspecified atom stereocenters. The van der Waals surface area contributed by atoms with Crippen molar-refractivity contribution in [3.05, 3.63) is 53.6 Å². The Balaban J connectivity index is 2.01. The van der Waals surface area contributed by atoms with Crippen LogP contribution in [-0.4, -0.2) is 23.1 Å². The quantitative estimate of drug-likeness (QED) is 0.914. The summed E-state index contributed by atoms with van der Waals surface area (Å²) in [6, 6.07) is 5.20. The molecule has 0 amide bonds. The van der Waals surface area contributed by atoms with Crippen molar-refractivity contribution in [2.75, 3.05) is 13.6 Å². The van der Waals surface area contributed by atoms with E-state index in [2.05, 4.69) is 10.3 Å². The van der Waals surface area contributed by atoms with Crippen molar-refractivity contribution in [3.63, 3.8) is 0 Å². The molecule has 1 aromatic heterocycles. The van der Waals surface area contributed by atoms with Crippen LogP contribution < -0.4 is 5.32 Å². The van der Waals surface area contributed by atoms with Crippen LogP contribution in [0.3, 0.4) is 0 Å². The summed E-state index contributed by atoms with van der Waals surface area (Å²) in [5, 5.41) is 3.04. The van der Waals surface area contributed by atoms with E-state index in [1.807, 2.05) is 17.8 Å². The molecule has 0 aliphatic heterocycles. The molecule has 108 valence electrons.